The molecule has 0 aliphatic rings. The van der Waals surface area contributed by atoms with Crippen LogP contribution in [0, 0.1) is 0 Å². The molecule has 3 aromatic rings. The van der Waals surface area contributed by atoms with Crippen LogP contribution in [0.4, 0.5) is 0 Å². The number of fused-ring (bicyclic) bond motifs is 1. The minimum atomic E-state index is -0.116. The molecule has 24 heavy (non-hydrogen) atoms. The average Bonchev–Trinajstić information content (AvgIpc) is 3.09. The van der Waals surface area contributed by atoms with Crippen LogP contribution in [-0.4, -0.2) is 22.6 Å². The molecule has 0 saturated heterocycles. The standard InChI is InChI=1S/C17H17N3O3S/c1-23-13-4-2-3-12(9-13)10-18-15(21)5-7-20-11-19-16-14(17(20)22)6-8-24-16/h2-4,6,8-9,11H,5,7,10H2,1H3,(H,18,21). The molecule has 2 heterocycles. The molecular weight excluding hydrogens is 326 g/mol. The molecule has 2 aromatic heterocycles. The first kappa shape index (κ1) is 16.2. The van der Waals surface area contributed by atoms with Gasteiger partial charge in [0.1, 0.15) is 10.6 Å². The zero-order valence-corrected chi connectivity index (χ0v) is 14.0. The third-order valence-electron chi connectivity index (χ3n) is 3.65. The molecule has 0 bridgehead atoms. The molecule has 0 aliphatic heterocycles. The molecule has 1 N–H and O–H groups in total. The quantitative estimate of drug-likeness (QED) is 0.744. The highest BCUT2D eigenvalue weighted by Crippen LogP contribution is 2.13. The topological polar surface area (TPSA) is 73.2 Å². The van der Waals surface area contributed by atoms with Crippen LogP contribution in [0.5, 0.6) is 5.75 Å². The normalized spacial score (nSPS) is 10.7. The Bertz CT molecular complexity index is 917. The number of thiophene rings is 1. The number of nitrogens with one attached hydrogen (secondary N) is 1. The Morgan fingerprint density at radius 1 is 1.38 bits per heavy atom. The van der Waals surface area contributed by atoms with Crippen LogP contribution in [0.25, 0.3) is 10.2 Å². The fraction of sp³-hybridized carbons (Fsp3) is 0.235. The van der Waals surface area contributed by atoms with Crippen LogP contribution in [0.2, 0.25) is 0 Å². The molecule has 0 fully saturated rings. The van der Waals surface area contributed by atoms with E-state index in [1.807, 2.05) is 29.6 Å². The second-order valence-corrected chi connectivity index (χ2v) is 6.16. The van der Waals surface area contributed by atoms with Crippen molar-refractivity contribution in [3.05, 3.63) is 58.0 Å². The van der Waals surface area contributed by atoms with E-state index in [4.69, 9.17) is 4.74 Å². The van der Waals surface area contributed by atoms with Crippen molar-refractivity contribution in [3.63, 3.8) is 0 Å². The summed E-state index contributed by atoms with van der Waals surface area (Å²) in [7, 11) is 1.60. The fourth-order valence-corrected chi connectivity index (χ4v) is 3.07. The number of amides is 1. The lowest BCUT2D eigenvalue weighted by Gasteiger charge is -2.08. The van der Waals surface area contributed by atoms with Crippen molar-refractivity contribution in [1.82, 2.24) is 14.9 Å². The molecule has 1 amide bonds. The first-order valence-electron chi connectivity index (χ1n) is 7.49. The van der Waals surface area contributed by atoms with E-state index in [0.29, 0.717) is 18.5 Å². The highest BCUT2D eigenvalue weighted by atomic mass is 32.1. The number of nitrogens with zero attached hydrogens (tertiary/aromatic N) is 2. The molecule has 7 heteroatoms. The summed E-state index contributed by atoms with van der Waals surface area (Å²) in [5.74, 6) is 0.638. The third kappa shape index (κ3) is 3.62. The number of benzene rings is 1. The van der Waals surface area contributed by atoms with E-state index in [9.17, 15) is 9.59 Å². The largest absolute Gasteiger partial charge is 0.497 e. The number of ether oxygens (including phenoxy) is 1. The minimum Gasteiger partial charge on any atom is -0.497 e. The Labute approximate surface area is 142 Å². The monoisotopic (exact) mass is 343 g/mol. The van der Waals surface area contributed by atoms with Gasteiger partial charge in [0, 0.05) is 19.5 Å². The third-order valence-corrected chi connectivity index (χ3v) is 4.47. The molecule has 1 aromatic carbocycles. The summed E-state index contributed by atoms with van der Waals surface area (Å²) in [4.78, 5) is 29.2. The van der Waals surface area contributed by atoms with E-state index >= 15 is 0 Å². The summed E-state index contributed by atoms with van der Waals surface area (Å²) in [6.45, 7) is 0.730. The average molecular weight is 343 g/mol. The molecule has 6 nitrogen and oxygen atoms in total. The molecular formula is C17H17N3O3S. The van der Waals surface area contributed by atoms with Crippen LogP contribution in [0.1, 0.15) is 12.0 Å². The van der Waals surface area contributed by atoms with Gasteiger partial charge in [0.05, 0.1) is 18.8 Å². The second-order valence-electron chi connectivity index (χ2n) is 5.26. The van der Waals surface area contributed by atoms with Gasteiger partial charge >= 0.3 is 0 Å². The van der Waals surface area contributed by atoms with E-state index in [1.165, 1.54) is 22.2 Å². The van der Waals surface area contributed by atoms with Crippen molar-refractivity contribution in [2.75, 3.05) is 7.11 Å². The molecule has 0 unspecified atom stereocenters. The molecule has 0 aliphatic carbocycles. The maximum atomic E-state index is 12.2. The Hall–Kier alpha value is -2.67. The van der Waals surface area contributed by atoms with Crippen LogP contribution in [0.3, 0.4) is 0 Å². The molecule has 0 saturated carbocycles. The summed E-state index contributed by atoms with van der Waals surface area (Å²) < 4.78 is 6.62. The van der Waals surface area contributed by atoms with Crippen LogP contribution >= 0.6 is 11.3 Å². The highest BCUT2D eigenvalue weighted by Gasteiger charge is 2.07. The second kappa shape index (κ2) is 7.27. The van der Waals surface area contributed by atoms with E-state index < -0.39 is 0 Å². The number of hydrogen-bond acceptors (Lipinski definition) is 5. The lowest BCUT2D eigenvalue weighted by molar-refractivity contribution is -0.121. The number of carbonyl (C=O) groups is 1. The van der Waals surface area contributed by atoms with Crippen molar-refractivity contribution >= 4 is 27.5 Å². The lowest BCUT2D eigenvalue weighted by atomic mass is 10.2. The van der Waals surface area contributed by atoms with Crippen molar-refractivity contribution in [2.24, 2.45) is 0 Å². The van der Waals surface area contributed by atoms with E-state index in [1.54, 1.807) is 13.2 Å². The summed E-state index contributed by atoms with van der Waals surface area (Å²) >= 11 is 1.43. The van der Waals surface area contributed by atoms with Gasteiger partial charge in [-0.25, -0.2) is 4.98 Å². The predicted molar refractivity (Wildman–Crippen MR) is 93.3 cm³/mol. The van der Waals surface area contributed by atoms with Crippen LogP contribution in [-0.2, 0) is 17.9 Å². The van der Waals surface area contributed by atoms with Crippen molar-refractivity contribution in [2.45, 2.75) is 19.5 Å². The van der Waals surface area contributed by atoms with Crippen LogP contribution in [0.15, 0.2) is 46.8 Å². The molecule has 124 valence electrons. The maximum absolute atomic E-state index is 12.2. The van der Waals surface area contributed by atoms with Gasteiger partial charge in [0.15, 0.2) is 0 Å². The number of rotatable bonds is 6. The highest BCUT2D eigenvalue weighted by molar-refractivity contribution is 7.16. The number of hydrogen-bond donors (Lipinski definition) is 1. The lowest BCUT2D eigenvalue weighted by Crippen LogP contribution is -2.27. The van der Waals surface area contributed by atoms with Gasteiger partial charge in [-0.15, -0.1) is 11.3 Å². The Morgan fingerprint density at radius 2 is 2.25 bits per heavy atom. The van der Waals surface area contributed by atoms with Crippen LogP contribution < -0.4 is 15.6 Å². The predicted octanol–water partition coefficient (Wildman–Crippen LogP) is 2.17. The van der Waals surface area contributed by atoms with E-state index in [-0.39, 0.29) is 17.9 Å². The molecule has 0 atom stereocenters. The Balaban J connectivity index is 1.56. The summed E-state index contributed by atoms with van der Waals surface area (Å²) in [6, 6.07) is 9.28. The number of methoxy groups -OCH3 is 1. The van der Waals surface area contributed by atoms with Crippen molar-refractivity contribution < 1.29 is 9.53 Å². The Kier molecular flexibility index (Phi) is 4.90. The zero-order chi connectivity index (χ0) is 16.9. The smallest absolute Gasteiger partial charge is 0.262 e. The van der Waals surface area contributed by atoms with Crippen molar-refractivity contribution in [1.29, 1.82) is 0 Å². The minimum absolute atomic E-state index is 0.109. The summed E-state index contributed by atoms with van der Waals surface area (Å²) in [5, 5.41) is 5.28. The SMILES string of the molecule is COc1cccc(CNC(=O)CCn2cnc3sccc3c2=O)c1. The number of carbonyl (C=O) groups excluding carboxylic acids is 1. The molecule has 3 rings (SSSR count). The molecule has 0 radical (unpaired) electrons. The van der Waals surface area contributed by atoms with E-state index in [2.05, 4.69) is 10.3 Å². The zero-order valence-electron chi connectivity index (χ0n) is 13.2. The Morgan fingerprint density at radius 3 is 3.08 bits per heavy atom. The van der Waals surface area contributed by atoms with Gasteiger partial charge in [-0.05, 0) is 29.1 Å². The van der Waals surface area contributed by atoms with Gasteiger partial charge in [-0.1, -0.05) is 12.1 Å². The van der Waals surface area contributed by atoms with Crippen molar-refractivity contribution in [3.8, 4) is 5.75 Å². The first-order valence-corrected chi connectivity index (χ1v) is 8.37. The van der Waals surface area contributed by atoms with Gasteiger partial charge < -0.3 is 10.1 Å². The number of aromatic nitrogens is 2. The van der Waals surface area contributed by atoms with Gasteiger partial charge in [-0.3, -0.25) is 14.2 Å². The number of aryl methyl sites for hydroxylation is 1. The van der Waals surface area contributed by atoms with E-state index in [0.717, 1.165) is 16.1 Å². The molecule has 0 spiro atoms. The summed E-state index contributed by atoms with van der Waals surface area (Å²) in [5.41, 5.74) is 0.850. The van der Waals surface area contributed by atoms with Gasteiger partial charge in [0.25, 0.3) is 5.56 Å². The van der Waals surface area contributed by atoms with Gasteiger partial charge in [-0.2, -0.15) is 0 Å². The first-order chi connectivity index (χ1) is 11.7. The fourth-order valence-electron chi connectivity index (χ4n) is 2.35. The summed E-state index contributed by atoms with van der Waals surface area (Å²) in [6.07, 6.45) is 1.72. The maximum Gasteiger partial charge on any atom is 0.262 e. The van der Waals surface area contributed by atoms with Gasteiger partial charge in [0.2, 0.25) is 5.91 Å².